The first-order valence-electron chi connectivity index (χ1n) is 6.49. The summed E-state index contributed by atoms with van der Waals surface area (Å²) in [6, 6.07) is 9.19. The number of nitrogens with one attached hydrogen (secondary N) is 1. The van der Waals surface area contributed by atoms with Gasteiger partial charge in [-0.15, -0.1) is 0 Å². The summed E-state index contributed by atoms with van der Waals surface area (Å²) in [5.41, 5.74) is 1.21. The lowest BCUT2D eigenvalue weighted by molar-refractivity contribution is -0.384. The van der Waals surface area contributed by atoms with Gasteiger partial charge in [0.1, 0.15) is 11.9 Å². The van der Waals surface area contributed by atoms with E-state index in [0.29, 0.717) is 18.8 Å². The van der Waals surface area contributed by atoms with Crippen LogP contribution in [-0.2, 0) is 6.54 Å². The van der Waals surface area contributed by atoms with Crippen LogP contribution in [0.3, 0.4) is 0 Å². The average molecular weight is 283 g/mol. The highest BCUT2D eigenvalue weighted by Crippen LogP contribution is 2.31. The Morgan fingerprint density at radius 2 is 2.14 bits per heavy atom. The van der Waals surface area contributed by atoms with Crippen molar-refractivity contribution in [3.63, 3.8) is 0 Å². The van der Waals surface area contributed by atoms with Gasteiger partial charge in [-0.2, -0.15) is 5.10 Å². The van der Waals surface area contributed by atoms with Crippen molar-refractivity contribution < 1.29 is 4.92 Å². The van der Waals surface area contributed by atoms with Crippen LogP contribution in [0.5, 0.6) is 0 Å². The summed E-state index contributed by atoms with van der Waals surface area (Å²) < 4.78 is 1.77. The number of fused-ring (bicyclic) bond motifs is 1. The molecule has 3 aromatic rings. The fourth-order valence-corrected chi connectivity index (χ4v) is 2.18. The largest absolute Gasteiger partial charge is 0.377 e. The van der Waals surface area contributed by atoms with E-state index in [1.807, 2.05) is 36.5 Å². The number of para-hydroxylation sites is 1. The van der Waals surface area contributed by atoms with Gasteiger partial charge in [-0.3, -0.25) is 14.8 Å². The average Bonchev–Trinajstić information content (AvgIpc) is 3.00. The highest BCUT2D eigenvalue weighted by atomic mass is 16.6. The van der Waals surface area contributed by atoms with E-state index in [-0.39, 0.29) is 5.69 Å². The van der Waals surface area contributed by atoms with Crippen LogP contribution >= 0.6 is 0 Å². The maximum Gasteiger partial charge on any atom is 0.311 e. The number of anilines is 1. The highest BCUT2D eigenvalue weighted by Gasteiger charge is 2.17. The molecule has 106 valence electrons. The van der Waals surface area contributed by atoms with Crippen LogP contribution in [0, 0.1) is 10.1 Å². The zero-order chi connectivity index (χ0) is 14.7. The quantitative estimate of drug-likeness (QED) is 0.574. The zero-order valence-electron chi connectivity index (χ0n) is 11.1. The molecule has 1 N–H and O–H groups in total. The third kappa shape index (κ3) is 2.66. The number of rotatable bonds is 5. The second-order valence-corrected chi connectivity index (χ2v) is 4.49. The van der Waals surface area contributed by atoms with Crippen LogP contribution in [0.25, 0.3) is 10.9 Å². The molecule has 0 radical (unpaired) electrons. The van der Waals surface area contributed by atoms with Crippen molar-refractivity contribution in [2.75, 3.05) is 11.9 Å². The molecule has 3 rings (SSSR count). The Morgan fingerprint density at radius 1 is 1.29 bits per heavy atom. The van der Waals surface area contributed by atoms with Gasteiger partial charge < -0.3 is 5.32 Å². The molecule has 0 fully saturated rings. The van der Waals surface area contributed by atoms with Crippen molar-refractivity contribution >= 4 is 22.3 Å². The Kier molecular flexibility index (Phi) is 3.46. The van der Waals surface area contributed by atoms with E-state index < -0.39 is 4.92 Å². The molecule has 0 atom stereocenters. The van der Waals surface area contributed by atoms with Gasteiger partial charge in [-0.1, -0.05) is 18.2 Å². The molecule has 2 aromatic heterocycles. The second-order valence-electron chi connectivity index (χ2n) is 4.49. The second kappa shape index (κ2) is 5.58. The van der Waals surface area contributed by atoms with Crippen molar-refractivity contribution in [3.8, 4) is 0 Å². The summed E-state index contributed by atoms with van der Waals surface area (Å²) in [5, 5.41) is 19.1. The molecule has 7 nitrogen and oxygen atoms in total. The van der Waals surface area contributed by atoms with E-state index in [1.165, 1.54) is 6.20 Å². The normalized spacial score (nSPS) is 10.7. The summed E-state index contributed by atoms with van der Waals surface area (Å²) in [4.78, 5) is 14.9. The lowest BCUT2D eigenvalue weighted by Crippen LogP contribution is -2.12. The third-order valence-electron chi connectivity index (χ3n) is 3.15. The fourth-order valence-electron chi connectivity index (χ4n) is 2.18. The predicted octanol–water partition coefficient (Wildman–Crippen LogP) is 2.45. The molecule has 0 unspecified atom stereocenters. The molecule has 1 aromatic carbocycles. The van der Waals surface area contributed by atoms with Crippen LogP contribution in [-0.4, -0.2) is 26.2 Å². The summed E-state index contributed by atoms with van der Waals surface area (Å²) in [6.07, 6.45) is 4.84. The smallest absolute Gasteiger partial charge is 0.311 e. The fraction of sp³-hybridized carbons (Fsp3) is 0.143. The first kappa shape index (κ1) is 13.0. The van der Waals surface area contributed by atoms with E-state index in [0.717, 1.165) is 10.9 Å². The minimum absolute atomic E-state index is 0.0193. The van der Waals surface area contributed by atoms with Gasteiger partial charge in [0.25, 0.3) is 0 Å². The maximum absolute atomic E-state index is 11.2. The lowest BCUT2D eigenvalue weighted by Gasteiger charge is -2.10. The zero-order valence-corrected chi connectivity index (χ0v) is 11.1. The Hall–Kier alpha value is -2.96. The Morgan fingerprint density at radius 3 is 2.90 bits per heavy atom. The van der Waals surface area contributed by atoms with Crippen molar-refractivity contribution in [1.82, 2.24) is 14.8 Å². The van der Waals surface area contributed by atoms with Crippen molar-refractivity contribution in [1.29, 1.82) is 0 Å². The summed E-state index contributed by atoms with van der Waals surface area (Å²) >= 11 is 0. The molecule has 0 aliphatic heterocycles. The number of hydrogen-bond donors (Lipinski definition) is 1. The molecule has 0 aliphatic rings. The van der Waals surface area contributed by atoms with Gasteiger partial charge in [0.15, 0.2) is 0 Å². The molecule has 0 aliphatic carbocycles. The molecule has 0 spiro atoms. The van der Waals surface area contributed by atoms with Crippen molar-refractivity contribution in [2.45, 2.75) is 6.54 Å². The van der Waals surface area contributed by atoms with Crippen molar-refractivity contribution in [3.05, 3.63) is 59.0 Å². The molecule has 0 amide bonds. The van der Waals surface area contributed by atoms with Gasteiger partial charge in [-0.05, 0) is 12.1 Å². The summed E-state index contributed by atoms with van der Waals surface area (Å²) in [7, 11) is 0. The number of aromatic nitrogens is 3. The Balaban J connectivity index is 1.90. The first-order valence-corrected chi connectivity index (χ1v) is 6.49. The minimum atomic E-state index is -0.421. The minimum Gasteiger partial charge on any atom is -0.377 e. The molecular weight excluding hydrogens is 270 g/mol. The molecule has 0 saturated heterocycles. The van der Waals surface area contributed by atoms with E-state index in [4.69, 9.17) is 0 Å². The van der Waals surface area contributed by atoms with Gasteiger partial charge in [-0.25, -0.2) is 4.98 Å². The van der Waals surface area contributed by atoms with Gasteiger partial charge in [0.2, 0.25) is 0 Å². The summed E-state index contributed by atoms with van der Waals surface area (Å²) in [5.74, 6) is 0. The van der Waals surface area contributed by atoms with Crippen LogP contribution in [0.2, 0.25) is 0 Å². The topological polar surface area (TPSA) is 85.9 Å². The third-order valence-corrected chi connectivity index (χ3v) is 3.15. The Bertz CT molecular complexity index is 770. The standard InChI is InChI=1S/C14H13N5O2/c20-19(21)13-10-16-12-5-2-1-4-11(12)14(13)15-7-9-18-8-3-6-17-18/h1-6,8,10H,7,9H2,(H,15,16). The van der Waals surface area contributed by atoms with Crippen LogP contribution in [0.4, 0.5) is 11.4 Å². The number of benzene rings is 1. The molecule has 0 bridgehead atoms. The van der Waals surface area contributed by atoms with E-state index in [9.17, 15) is 10.1 Å². The maximum atomic E-state index is 11.2. The molecule has 7 heteroatoms. The van der Waals surface area contributed by atoms with Crippen molar-refractivity contribution in [2.24, 2.45) is 0 Å². The molecule has 0 saturated carbocycles. The van der Waals surface area contributed by atoms with Crippen LogP contribution in [0.15, 0.2) is 48.9 Å². The van der Waals surface area contributed by atoms with E-state index in [2.05, 4.69) is 15.4 Å². The molecule has 2 heterocycles. The molecule has 21 heavy (non-hydrogen) atoms. The van der Waals surface area contributed by atoms with E-state index in [1.54, 1.807) is 10.9 Å². The van der Waals surface area contributed by atoms with Gasteiger partial charge >= 0.3 is 5.69 Å². The Labute approximate surface area is 120 Å². The predicted molar refractivity (Wildman–Crippen MR) is 79.1 cm³/mol. The number of nitrogens with zero attached hydrogens (tertiary/aromatic N) is 4. The number of nitro groups is 1. The van der Waals surface area contributed by atoms with E-state index >= 15 is 0 Å². The first-order chi connectivity index (χ1) is 10.3. The van der Waals surface area contributed by atoms with Gasteiger partial charge in [0.05, 0.1) is 17.0 Å². The summed E-state index contributed by atoms with van der Waals surface area (Å²) in [6.45, 7) is 1.16. The monoisotopic (exact) mass is 283 g/mol. The number of pyridine rings is 1. The van der Waals surface area contributed by atoms with Crippen LogP contribution < -0.4 is 5.32 Å². The van der Waals surface area contributed by atoms with Gasteiger partial charge in [0, 0.05) is 24.3 Å². The lowest BCUT2D eigenvalue weighted by atomic mass is 10.1. The highest BCUT2D eigenvalue weighted by molar-refractivity contribution is 5.95. The SMILES string of the molecule is O=[N+]([O-])c1cnc2ccccc2c1NCCn1cccn1. The molecular formula is C14H13N5O2. The number of hydrogen-bond acceptors (Lipinski definition) is 5. The van der Waals surface area contributed by atoms with Crippen LogP contribution in [0.1, 0.15) is 0 Å².